The molecule has 0 amide bonds. The van der Waals surface area contributed by atoms with Gasteiger partial charge < -0.3 is 18.9 Å². The number of carbonyl (C=O) groups excluding carboxylic acids is 3. The fourth-order valence-electron chi connectivity index (χ4n) is 4.61. The number of hydrogen-bond acceptors (Lipinski definition) is 9. The zero-order chi connectivity index (χ0) is 30.6. The zero-order valence-corrected chi connectivity index (χ0v) is 24.2. The van der Waals surface area contributed by atoms with Crippen molar-refractivity contribution in [3.63, 3.8) is 0 Å². The second kappa shape index (κ2) is 12.7. The maximum atomic E-state index is 13.3. The van der Waals surface area contributed by atoms with E-state index in [1.54, 1.807) is 72.8 Å². The number of hydrogen-bond donors (Lipinski definition) is 1. The van der Waals surface area contributed by atoms with Gasteiger partial charge in [-0.05, 0) is 55.5 Å². The van der Waals surface area contributed by atoms with E-state index in [1.807, 2.05) is 0 Å². The van der Waals surface area contributed by atoms with Crippen molar-refractivity contribution >= 4 is 41.7 Å². The molecule has 1 aromatic heterocycles. The van der Waals surface area contributed by atoms with E-state index in [2.05, 4.69) is 4.98 Å². The molecule has 0 spiro atoms. The van der Waals surface area contributed by atoms with Crippen molar-refractivity contribution in [1.29, 1.82) is 0 Å². The van der Waals surface area contributed by atoms with Gasteiger partial charge in [-0.15, -0.1) is 0 Å². The standard InChI is InChI=1S/C31H25ClN2O8S/c1-31(18-39-27(35)21-13-8-14-22(32)17-21)25(41-29(37)20-11-6-3-7-12-20)24(40-28(36)19-9-4-2-5-10-19)26(42-31)34-16-15-23(43)33-30(34)38/h2-17,24-26H,18H2,1H3,(H,33,38,43)/t24-,25?,26+,31+/m0/s1. The van der Waals surface area contributed by atoms with Crippen molar-refractivity contribution in [3.05, 3.63) is 134 Å². The average molecular weight is 621 g/mol. The number of aromatic amines is 1. The fraction of sp³-hybridized carbons (Fsp3) is 0.194. The predicted octanol–water partition coefficient (Wildman–Crippen LogP) is 5.15. The number of nitrogens with zero attached hydrogens (tertiary/aromatic N) is 1. The number of benzene rings is 3. The summed E-state index contributed by atoms with van der Waals surface area (Å²) < 4.78 is 25.0. The molecule has 1 aliphatic rings. The molecule has 220 valence electrons. The molecule has 1 unspecified atom stereocenters. The molecule has 12 heteroatoms. The number of ether oxygens (including phenoxy) is 4. The van der Waals surface area contributed by atoms with Gasteiger partial charge in [0.1, 0.15) is 16.8 Å². The molecule has 1 aliphatic heterocycles. The molecule has 1 fully saturated rings. The lowest BCUT2D eigenvalue weighted by molar-refractivity contribution is -0.122. The maximum absolute atomic E-state index is 13.3. The largest absolute Gasteiger partial charge is 0.459 e. The maximum Gasteiger partial charge on any atom is 0.338 e. The van der Waals surface area contributed by atoms with Gasteiger partial charge in [-0.1, -0.05) is 66.3 Å². The first-order chi connectivity index (χ1) is 20.6. The van der Waals surface area contributed by atoms with Gasteiger partial charge >= 0.3 is 23.6 Å². The van der Waals surface area contributed by atoms with Gasteiger partial charge in [-0.25, -0.2) is 19.2 Å². The van der Waals surface area contributed by atoms with Crippen molar-refractivity contribution in [1.82, 2.24) is 9.55 Å². The van der Waals surface area contributed by atoms with Crippen LogP contribution < -0.4 is 5.69 Å². The summed E-state index contributed by atoms with van der Waals surface area (Å²) in [5.41, 5.74) is -1.64. The van der Waals surface area contributed by atoms with Crippen LogP contribution in [0.3, 0.4) is 0 Å². The molecule has 10 nitrogen and oxygen atoms in total. The molecular formula is C31H25ClN2O8S. The summed E-state index contributed by atoms with van der Waals surface area (Å²) >= 11 is 11.1. The first-order valence-electron chi connectivity index (χ1n) is 13.1. The van der Waals surface area contributed by atoms with Crippen molar-refractivity contribution in [2.24, 2.45) is 0 Å². The van der Waals surface area contributed by atoms with E-state index in [4.69, 9.17) is 42.8 Å². The molecule has 3 aromatic carbocycles. The minimum atomic E-state index is -1.60. The van der Waals surface area contributed by atoms with Crippen LogP contribution >= 0.6 is 23.8 Å². The van der Waals surface area contributed by atoms with Crippen LogP contribution in [0.4, 0.5) is 0 Å². The summed E-state index contributed by atoms with van der Waals surface area (Å²) in [7, 11) is 0. The Kier molecular flexibility index (Phi) is 8.86. The summed E-state index contributed by atoms with van der Waals surface area (Å²) in [5, 5.41) is 0.334. The van der Waals surface area contributed by atoms with E-state index in [9.17, 15) is 19.2 Å². The van der Waals surface area contributed by atoms with E-state index < -0.39 is 54.2 Å². The summed E-state index contributed by atoms with van der Waals surface area (Å²) in [5.74, 6) is -2.22. The first kappa shape index (κ1) is 29.9. The molecule has 0 saturated carbocycles. The van der Waals surface area contributed by atoms with Gasteiger partial charge in [0.05, 0.1) is 16.7 Å². The Morgan fingerprint density at radius 3 is 2.09 bits per heavy atom. The smallest absolute Gasteiger partial charge is 0.338 e. The highest BCUT2D eigenvalue weighted by atomic mass is 35.5. The van der Waals surface area contributed by atoms with E-state index in [0.717, 1.165) is 4.57 Å². The van der Waals surface area contributed by atoms with Crippen LogP contribution in [-0.2, 0) is 18.9 Å². The Morgan fingerprint density at radius 2 is 1.49 bits per heavy atom. The van der Waals surface area contributed by atoms with Gasteiger partial charge in [0, 0.05) is 11.2 Å². The number of rotatable bonds is 8. The molecule has 0 bridgehead atoms. The van der Waals surface area contributed by atoms with E-state index >= 15 is 0 Å². The lowest BCUT2D eigenvalue weighted by Gasteiger charge is -2.30. The molecule has 0 aliphatic carbocycles. The Bertz CT molecular complexity index is 1760. The van der Waals surface area contributed by atoms with Crippen LogP contribution in [0.15, 0.2) is 102 Å². The van der Waals surface area contributed by atoms with E-state index in [-0.39, 0.29) is 21.3 Å². The fourth-order valence-corrected chi connectivity index (χ4v) is 4.95. The van der Waals surface area contributed by atoms with Gasteiger partial charge in [0.15, 0.2) is 18.4 Å². The van der Waals surface area contributed by atoms with Crippen molar-refractivity contribution < 1.29 is 33.3 Å². The summed E-state index contributed by atoms with van der Waals surface area (Å²) in [4.78, 5) is 55.0. The topological polar surface area (TPSA) is 126 Å². The minimum Gasteiger partial charge on any atom is -0.459 e. The monoisotopic (exact) mass is 620 g/mol. The Balaban J connectivity index is 1.54. The molecule has 4 atom stereocenters. The van der Waals surface area contributed by atoms with Gasteiger partial charge in [-0.3, -0.25) is 9.55 Å². The molecular weight excluding hydrogens is 596 g/mol. The number of aromatic nitrogens is 2. The first-order valence-corrected chi connectivity index (χ1v) is 13.9. The van der Waals surface area contributed by atoms with Crippen molar-refractivity contribution in [3.8, 4) is 0 Å². The van der Waals surface area contributed by atoms with Gasteiger partial charge in [-0.2, -0.15) is 0 Å². The van der Waals surface area contributed by atoms with Crippen molar-refractivity contribution in [2.75, 3.05) is 6.61 Å². The summed E-state index contributed by atoms with van der Waals surface area (Å²) in [6.45, 7) is 1.08. The molecule has 4 aromatic rings. The number of carbonyl (C=O) groups is 3. The minimum absolute atomic E-state index is 0.169. The van der Waals surface area contributed by atoms with Gasteiger partial charge in [0.2, 0.25) is 0 Å². The number of halogens is 1. The number of esters is 3. The summed E-state index contributed by atoms with van der Waals surface area (Å²) in [6.07, 6.45) is -2.65. The third-order valence-electron chi connectivity index (χ3n) is 6.74. The molecule has 1 saturated heterocycles. The second-order valence-corrected chi connectivity index (χ2v) is 10.7. The van der Waals surface area contributed by atoms with E-state index in [1.165, 1.54) is 31.3 Å². The highest BCUT2D eigenvalue weighted by Crippen LogP contribution is 2.41. The SMILES string of the molecule is C[C@]1(COC(=O)c2cccc(Cl)c2)O[C@@H](n2ccc(=S)[nH]c2=O)[C@@H](OC(=O)c2ccccc2)C1OC(=O)c1ccccc1. The highest BCUT2D eigenvalue weighted by Gasteiger charge is 2.58. The van der Waals surface area contributed by atoms with E-state index in [0.29, 0.717) is 5.02 Å². The Hall–Kier alpha value is -4.58. The van der Waals surface area contributed by atoms with Crippen LogP contribution in [0.1, 0.15) is 44.2 Å². The molecule has 0 radical (unpaired) electrons. The lowest BCUT2D eigenvalue weighted by Crippen LogP contribution is -2.48. The third-order valence-corrected chi connectivity index (χ3v) is 7.22. The van der Waals surface area contributed by atoms with Crippen LogP contribution in [0.5, 0.6) is 0 Å². The molecule has 1 N–H and O–H groups in total. The van der Waals surface area contributed by atoms with Crippen LogP contribution in [0.25, 0.3) is 0 Å². The van der Waals surface area contributed by atoms with Gasteiger partial charge in [0.25, 0.3) is 0 Å². The highest BCUT2D eigenvalue weighted by molar-refractivity contribution is 7.71. The molecule has 43 heavy (non-hydrogen) atoms. The number of H-pyrrole nitrogens is 1. The average Bonchev–Trinajstić information content (AvgIpc) is 3.27. The third kappa shape index (κ3) is 6.75. The number of nitrogens with one attached hydrogen (secondary N) is 1. The van der Waals surface area contributed by atoms with Crippen molar-refractivity contribution in [2.45, 2.75) is 31.0 Å². The lowest BCUT2D eigenvalue weighted by atomic mass is 9.97. The van der Waals surface area contributed by atoms with Crippen LogP contribution in [-0.4, -0.2) is 51.9 Å². The quantitative estimate of drug-likeness (QED) is 0.162. The Morgan fingerprint density at radius 1 is 0.884 bits per heavy atom. The van der Waals surface area contributed by atoms with Crippen LogP contribution in [0, 0.1) is 4.64 Å². The zero-order valence-electron chi connectivity index (χ0n) is 22.7. The predicted molar refractivity (Wildman–Crippen MR) is 157 cm³/mol. The second-order valence-electron chi connectivity index (χ2n) is 9.85. The summed E-state index contributed by atoms with van der Waals surface area (Å²) in [6, 6.07) is 24.0. The van der Waals surface area contributed by atoms with Crippen LogP contribution in [0.2, 0.25) is 5.02 Å². The Labute approximate surface area is 255 Å². The molecule has 2 heterocycles. The molecule has 5 rings (SSSR count). The normalized spacial score (nSPS) is 21.1.